The van der Waals surface area contributed by atoms with Crippen molar-refractivity contribution in [2.24, 2.45) is 0 Å². The molecule has 1 fully saturated rings. The molecule has 0 saturated carbocycles. The molecule has 0 atom stereocenters. The first-order valence-electron chi connectivity index (χ1n) is 3.84. The van der Waals surface area contributed by atoms with E-state index in [1.165, 1.54) is 0 Å². The minimum atomic E-state index is -0.586. The first kappa shape index (κ1) is 8.29. The fraction of sp³-hybridized carbons (Fsp3) is 0.500. The molecule has 4 heteroatoms. The van der Waals surface area contributed by atoms with Crippen LogP contribution in [0.5, 0.6) is 0 Å². The van der Waals surface area contributed by atoms with Crippen LogP contribution in [0.2, 0.25) is 0 Å². The third-order valence-electron chi connectivity index (χ3n) is 2.03. The smallest absolute Gasteiger partial charge is 0.107 e. The summed E-state index contributed by atoms with van der Waals surface area (Å²) in [4.78, 5) is 0. The van der Waals surface area contributed by atoms with E-state index in [0.717, 1.165) is 10.2 Å². The van der Waals surface area contributed by atoms with Gasteiger partial charge in [-0.1, -0.05) is 0 Å². The summed E-state index contributed by atoms with van der Waals surface area (Å²) in [5.74, 6) is 0.825. The van der Waals surface area contributed by atoms with Crippen LogP contribution in [0.15, 0.2) is 21.2 Å². The molecule has 0 aromatic carbocycles. The topological polar surface area (TPSA) is 45.4 Å². The Morgan fingerprint density at radius 2 is 2.42 bits per heavy atom. The van der Waals surface area contributed by atoms with Crippen LogP contribution in [0.4, 0.5) is 0 Å². The van der Waals surface area contributed by atoms with Crippen LogP contribution in [-0.4, -0.2) is 23.8 Å². The van der Waals surface area contributed by atoms with Gasteiger partial charge in [-0.15, -0.1) is 0 Å². The molecule has 12 heavy (non-hydrogen) atoms. The number of nitrogens with one attached hydrogen (secondary N) is 1. The molecule has 2 N–H and O–H groups in total. The second-order valence-electron chi connectivity index (χ2n) is 3.24. The van der Waals surface area contributed by atoms with Crippen LogP contribution in [-0.2, 0) is 6.42 Å². The Kier molecular flexibility index (Phi) is 1.98. The summed E-state index contributed by atoms with van der Waals surface area (Å²) < 4.78 is 6.13. The van der Waals surface area contributed by atoms with Crippen molar-refractivity contribution in [2.75, 3.05) is 13.1 Å². The normalized spacial score (nSPS) is 20.5. The molecule has 0 unspecified atom stereocenters. The number of furan rings is 1. The van der Waals surface area contributed by atoms with Crippen molar-refractivity contribution in [1.82, 2.24) is 5.32 Å². The summed E-state index contributed by atoms with van der Waals surface area (Å²) in [5.41, 5.74) is -0.586. The Balaban J connectivity index is 2.03. The lowest BCUT2D eigenvalue weighted by atomic mass is 9.92. The Labute approximate surface area is 78.9 Å². The Morgan fingerprint density at radius 3 is 2.83 bits per heavy atom. The molecule has 1 aliphatic rings. The Morgan fingerprint density at radius 1 is 1.67 bits per heavy atom. The standard InChI is InChI=1S/C8H10BrNO2/c9-6-1-7(12-3-6)2-8(11)4-10-5-8/h1,3,10-11H,2,4-5H2. The molecule has 0 amide bonds. The van der Waals surface area contributed by atoms with Gasteiger partial charge >= 0.3 is 0 Å². The molecule has 3 nitrogen and oxygen atoms in total. The van der Waals surface area contributed by atoms with Crippen LogP contribution in [0.25, 0.3) is 0 Å². The largest absolute Gasteiger partial charge is 0.468 e. The maximum atomic E-state index is 9.73. The van der Waals surface area contributed by atoms with Crippen LogP contribution in [0.1, 0.15) is 5.76 Å². The van der Waals surface area contributed by atoms with E-state index >= 15 is 0 Å². The summed E-state index contributed by atoms with van der Waals surface area (Å²) in [6, 6.07) is 1.89. The van der Waals surface area contributed by atoms with E-state index < -0.39 is 5.60 Å². The minimum Gasteiger partial charge on any atom is -0.468 e. The van der Waals surface area contributed by atoms with Crippen LogP contribution >= 0.6 is 15.9 Å². The van der Waals surface area contributed by atoms with Gasteiger partial charge in [-0.05, 0) is 22.0 Å². The summed E-state index contributed by atoms with van der Waals surface area (Å²) in [6.45, 7) is 1.32. The molecule has 2 rings (SSSR count). The third kappa shape index (κ3) is 1.55. The van der Waals surface area contributed by atoms with Crippen molar-refractivity contribution in [3.8, 4) is 0 Å². The van der Waals surface area contributed by atoms with Gasteiger partial charge in [-0.25, -0.2) is 0 Å². The third-order valence-corrected chi connectivity index (χ3v) is 2.45. The molecule has 1 aromatic rings. The van der Waals surface area contributed by atoms with E-state index in [9.17, 15) is 5.11 Å². The molecule has 0 spiro atoms. The fourth-order valence-corrected chi connectivity index (χ4v) is 1.66. The molecule has 1 saturated heterocycles. The van der Waals surface area contributed by atoms with Gasteiger partial charge in [0.2, 0.25) is 0 Å². The van der Waals surface area contributed by atoms with Gasteiger partial charge in [0.25, 0.3) is 0 Å². The lowest BCUT2D eigenvalue weighted by molar-refractivity contribution is -0.0130. The average molecular weight is 232 g/mol. The zero-order chi connectivity index (χ0) is 8.60. The quantitative estimate of drug-likeness (QED) is 0.796. The Bertz CT molecular complexity index is 280. The predicted octanol–water partition coefficient (Wildman–Crippen LogP) is 0.919. The Hall–Kier alpha value is -0.320. The lowest BCUT2D eigenvalue weighted by Gasteiger charge is -2.36. The maximum Gasteiger partial charge on any atom is 0.107 e. The highest BCUT2D eigenvalue weighted by Crippen LogP contribution is 2.21. The van der Waals surface area contributed by atoms with E-state index in [0.29, 0.717) is 19.5 Å². The monoisotopic (exact) mass is 231 g/mol. The first-order valence-corrected chi connectivity index (χ1v) is 4.63. The van der Waals surface area contributed by atoms with Gasteiger partial charge in [0.1, 0.15) is 12.0 Å². The number of β-amino-alcohol motifs (C(OH)–C–C–N with tert-alkyl or cyclic N) is 1. The van der Waals surface area contributed by atoms with E-state index in [4.69, 9.17) is 4.42 Å². The number of halogens is 1. The molecule has 0 aliphatic carbocycles. The fourth-order valence-electron chi connectivity index (χ4n) is 1.31. The van der Waals surface area contributed by atoms with Crippen molar-refractivity contribution in [1.29, 1.82) is 0 Å². The van der Waals surface area contributed by atoms with Gasteiger partial charge < -0.3 is 14.8 Å². The molecule has 1 aliphatic heterocycles. The molecular formula is C8H10BrNO2. The summed E-state index contributed by atoms with van der Waals surface area (Å²) in [5, 5.41) is 12.8. The van der Waals surface area contributed by atoms with Crippen molar-refractivity contribution < 1.29 is 9.52 Å². The van der Waals surface area contributed by atoms with Gasteiger partial charge in [0, 0.05) is 19.5 Å². The van der Waals surface area contributed by atoms with Crippen molar-refractivity contribution >= 4 is 15.9 Å². The van der Waals surface area contributed by atoms with E-state index in [1.54, 1.807) is 6.26 Å². The van der Waals surface area contributed by atoms with Gasteiger partial charge in [0.15, 0.2) is 0 Å². The van der Waals surface area contributed by atoms with E-state index in [1.807, 2.05) is 6.07 Å². The van der Waals surface area contributed by atoms with Crippen molar-refractivity contribution in [3.63, 3.8) is 0 Å². The van der Waals surface area contributed by atoms with Crippen LogP contribution in [0, 0.1) is 0 Å². The average Bonchev–Trinajstić information content (AvgIpc) is 2.32. The first-order chi connectivity index (χ1) is 5.68. The predicted molar refractivity (Wildman–Crippen MR) is 47.9 cm³/mol. The molecular weight excluding hydrogens is 222 g/mol. The number of hydrogen-bond donors (Lipinski definition) is 2. The highest BCUT2D eigenvalue weighted by molar-refractivity contribution is 9.10. The summed E-state index contributed by atoms with van der Waals surface area (Å²) in [6.07, 6.45) is 2.22. The minimum absolute atomic E-state index is 0.586. The zero-order valence-electron chi connectivity index (χ0n) is 6.51. The van der Waals surface area contributed by atoms with Crippen molar-refractivity contribution in [3.05, 3.63) is 22.6 Å². The maximum absolute atomic E-state index is 9.73. The molecule has 0 bridgehead atoms. The van der Waals surface area contributed by atoms with E-state index in [2.05, 4.69) is 21.2 Å². The highest BCUT2D eigenvalue weighted by Gasteiger charge is 2.35. The van der Waals surface area contributed by atoms with Gasteiger partial charge in [0.05, 0.1) is 10.1 Å². The molecule has 66 valence electrons. The van der Waals surface area contributed by atoms with Crippen LogP contribution in [0.3, 0.4) is 0 Å². The number of aliphatic hydroxyl groups is 1. The summed E-state index contributed by atoms with van der Waals surface area (Å²) in [7, 11) is 0. The van der Waals surface area contributed by atoms with Crippen molar-refractivity contribution in [2.45, 2.75) is 12.0 Å². The van der Waals surface area contributed by atoms with Crippen LogP contribution < -0.4 is 5.32 Å². The molecule has 2 heterocycles. The zero-order valence-corrected chi connectivity index (χ0v) is 8.10. The van der Waals surface area contributed by atoms with E-state index in [-0.39, 0.29) is 0 Å². The highest BCUT2D eigenvalue weighted by atomic mass is 79.9. The second-order valence-corrected chi connectivity index (χ2v) is 4.15. The summed E-state index contributed by atoms with van der Waals surface area (Å²) >= 11 is 3.29. The second kappa shape index (κ2) is 2.87. The molecule has 1 aromatic heterocycles. The van der Waals surface area contributed by atoms with Gasteiger partial charge in [-0.2, -0.15) is 0 Å². The number of hydrogen-bond acceptors (Lipinski definition) is 3. The number of rotatable bonds is 2. The lowest BCUT2D eigenvalue weighted by Crippen LogP contribution is -2.60. The molecule has 0 radical (unpaired) electrons. The van der Waals surface area contributed by atoms with Gasteiger partial charge in [-0.3, -0.25) is 0 Å². The SMILES string of the molecule is OC1(Cc2cc(Br)co2)CNC1.